The Morgan fingerprint density at radius 1 is 1.55 bits per heavy atom. The molecule has 2 unspecified atom stereocenters. The highest BCUT2D eigenvalue weighted by molar-refractivity contribution is 9.11. The molecule has 1 aromatic carbocycles. The van der Waals surface area contributed by atoms with Gasteiger partial charge in [0.25, 0.3) is 0 Å². The molecule has 3 rings (SSSR count). The number of rotatable bonds is 2. The summed E-state index contributed by atoms with van der Waals surface area (Å²) in [6.07, 6.45) is -2.46. The Morgan fingerprint density at radius 2 is 2.32 bits per heavy atom. The lowest BCUT2D eigenvalue weighted by Gasteiger charge is -2.34. The number of benzene rings is 1. The summed E-state index contributed by atoms with van der Waals surface area (Å²) in [6.45, 7) is 0.236. The summed E-state index contributed by atoms with van der Waals surface area (Å²) in [4.78, 5) is 16.3. The number of nitrogens with zero attached hydrogens (tertiary/aromatic N) is 2. The second-order valence-electron chi connectivity index (χ2n) is 4.96. The number of aliphatic hydroxyl groups is 1. The maximum absolute atomic E-state index is 14.1. The first-order valence-electron chi connectivity index (χ1n) is 6.52. The van der Waals surface area contributed by atoms with Gasteiger partial charge in [0.15, 0.2) is 15.5 Å². The lowest BCUT2D eigenvalue weighted by molar-refractivity contribution is -0.0207. The van der Waals surface area contributed by atoms with E-state index in [-0.39, 0.29) is 25.3 Å². The summed E-state index contributed by atoms with van der Waals surface area (Å²) in [6, 6.07) is 2.77. The van der Waals surface area contributed by atoms with Crippen LogP contribution in [0.15, 0.2) is 16.0 Å². The Hall–Kier alpha value is -1.45. The van der Waals surface area contributed by atoms with Crippen LogP contribution in [0.5, 0.6) is 5.75 Å². The molecule has 2 N–H and O–H groups in total. The van der Waals surface area contributed by atoms with Crippen molar-refractivity contribution in [3.8, 4) is 5.75 Å². The molecule has 0 saturated carbocycles. The molecule has 0 aliphatic carbocycles. The molecule has 2 atom stereocenters. The molecule has 0 radical (unpaired) electrons. The molecule has 1 saturated heterocycles. The molecule has 2 heterocycles. The van der Waals surface area contributed by atoms with Crippen LogP contribution in [0.1, 0.15) is 6.42 Å². The molecule has 0 spiro atoms. The lowest BCUT2D eigenvalue weighted by Crippen LogP contribution is -2.51. The molecule has 1 aliphatic rings. The van der Waals surface area contributed by atoms with E-state index in [9.17, 15) is 14.3 Å². The first-order chi connectivity index (χ1) is 10.4. The number of aromatic nitrogens is 1. The molecule has 1 aromatic heterocycles. The molecule has 9 heteroatoms. The third kappa shape index (κ3) is 3.01. The summed E-state index contributed by atoms with van der Waals surface area (Å²) >= 11 is 4.57. The highest BCUT2D eigenvalue weighted by Gasteiger charge is 2.32. The molecular weight excluding hydrogens is 379 g/mol. The van der Waals surface area contributed by atoms with E-state index in [1.807, 2.05) is 0 Å². The van der Waals surface area contributed by atoms with Crippen LogP contribution in [0.25, 0.3) is 10.2 Å². The number of amides is 1. The standard InChI is InChI=1S/C13H12BrFN2O4S/c14-12-16-7-3-6(15)9(4-11(7)22-12)21-10-5-17(13(19)20)2-1-8(10)18/h3-4,8,10,18H,1-2,5H2,(H,19,20). The quantitative estimate of drug-likeness (QED) is 0.823. The number of carbonyl (C=O) groups is 1. The normalized spacial score (nSPS) is 22.0. The molecule has 2 aromatic rings. The van der Waals surface area contributed by atoms with Crippen molar-refractivity contribution >= 4 is 43.6 Å². The second-order valence-corrected chi connectivity index (χ2v) is 7.26. The van der Waals surface area contributed by atoms with E-state index in [4.69, 9.17) is 9.84 Å². The fraction of sp³-hybridized carbons (Fsp3) is 0.385. The predicted octanol–water partition coefficient (Wildman–Crippen LogP) is 2.69. The maximum atomic E-state index is 14.1. The van der Waals surface area contributed by atoms with Gasteiger partial charge in [-0.1, -0.05) is 0 Å². The Bertz CT molecular complexity index is 725. The van der Waals surface area contributed by atoms with Gasteiger partial charge in [0.05, 0.1) is 22.9 Å². The van der Waals surface area contributed by atoms with Gasteiger partial charge < -0.3 is 19.8 Å². The summed E-state index contributed by atoms with van der Waals surface area (Å²) in [7, 11) is 0. The zero-order valence-electron chi connectivity index (χ0n) is 11.2. The first-order valence-corrected chi connectivity index (χ1v) is 8.13. The maximum Gasteiger partial charge on any atom is 0.407 e. The third-order valence-corrected chi connectivity index (χ3v) is 4.96. The van der Waals surface area contributed by atoms with Crippen molar-refractivity contribution < 1.29 is 24.1 Å². The highest BCUT2D eigenvalue weighted by atomic mass is 79.9. The number of hydrogen-bond acceptors (Lipinski definition) is 5. The van der Waals surface area contributed by atoms with E-state index < -0.39 is 24.1 Å². The largest absolute Gasteiger partial charge is 0.483 e. The van der Waals surface area contributed by atoms with Crippen molar-refractivity contribution in [2.24, 2.45) is 0 Å². The number of aliphatic hydroxyl groups excluding tert-OH is 1. The van der Waals surface area contributed by atoms with Crippen molar-refractivity contribution in [3.63, 3.8) is 0 Å². The van der Waals surface area contributed by atoms with Crippen molar-refractivity contribution in [2.75, 3.05) is 13.1 Å². The van der Waals surface area contributed by atoms with E-state index in [2.05, 4.69) is 20.9 Å². The molecule has 6 nitrogen and oxygen atoms in total. The number of halogens is 2. The number of hydrogen-bond donors (Lipinski definition) is 2. The monoisotopic (exact) mass is 390 g/mol. The number of thiazole rings is 1. The average Bonchev–Trinajstić information content (AvgIpc) is 2.80. The summed E-state index contributed by atoms with van der Waals surface area (Å²) in [5.74, 6) is -0.607. The molecule has 1 fully saturated rings. The molecule has 0 bridgehead atoms. The van der Waals surface area contributed by atoms with Gasteiger partial charge in [-0.25, -0.2) is 14.2 Å². The SMILES string of the molecule is O=C(O)N1CCC(O)C(Oc2cc3sc(Br)nc3cc2F)C1. The van der Waals surface area contributed by atoms with Gasteiger partial charge in [-0.2, -0.15) is 0 Å². The Labute approximate surface area is 137 Å². The van der Waals surface area contributed by atoms with Crippen LogP contribution < -0.4 is 4.74 Å². The van der Waals surface area contributed by atoms with Crippen LogP contribution in [0.4, 0.5) is 9.18 Å². The van der Waals surface area contributed by atoms with Crippen LogP contribution in [0, 0.1) is 5.82 Å². The Morgan fingerprint density at radius 3 is 3.05 bits per heavy atom. The Balaban J connectivity index is 1.84. The van der Waals surface area contributed by atoms with E-state index in [1.165, 1.54) is 23.5 Å². The van der Waals surface area contributed by atoms with E-state index in [0.29, 0.717) is 9.43 Å². The number of likely N-dealkylation sites (tertiary alicyclic amines) is 1. The van der Waals surface area contributed by atoms with Crippen LogP contribution in [0.3, 0.4) is 0 Å². The molecule has 22 heavy (non-hydrogen) atoms. The van der Waals surface area contributed by atoms with Crippen LogP contribution >= 0.6 is 27.3 Å². The summed E-state index contributed by atoms with van der Waals surface area (Å²) in [5, 5.41) is 19.0. The number of ether oxygens (including phenoxy) is 1. The Kier molecular flexibility index (Phi) is 4.20. The fourth-order valence-corrected chi connectivity index (χ4v) is 3.76. The fourth-order valence-electron chi connectivity index (χ4n) is 2.35. The van der Waals surface area contributed by atoms with Gasteiger partial charge in [-0.05, 0) is 22.4 Å². The van der Waals surface area contributed by atoms with Gasteiger partial charge in [0, 0.05) is 18.7 Å². The van der Waals surface area contributed by atoms with E-state index in [0.717, 1.165) is 9.60 Å². The van der Waals surface area contributed by atoms with Crippen LogP contribution in [-0.4, -0.2) is 51.5 Å². The second kappa shape index (κ2) is 5.98. The topological polar surface area (TPSA) is 82.9 Å². The first kappa shape index (κ1) is 15.4. The van der Waals surface area contributed by atoms with Gasteiger partial charge in [-0.3, -0.25) is 0 Å². The van der Waals surface area contributed by atoms with E-state index >= 15 is 0 Å². The van der Waals surface area contributed by atoms with Crippen LogP contribution in [-0.2, 0) is 0 Å². The molecule has 1 aliphatic heterocycles. The average molecular weight is 391 g/mol. The van der Waals surface area contributed by atoms with Crippen molar-refractivity contribution in [3.05, 3.63) is 21.9 Å². The van der Waals surface area contributed by atoms with Gasteiger partial charge >= 0.3 is 6.09 Å². The van der Waals surface area contributed by atoms with Gasteiger partial charge in [-0.15, -0.1) is 11.3 Å². The predicted molar refractivity (Wildman–Crippen MR) is 81.9 cm³/mol. The number of piperidine rings is 1. The van der Waals surface area contributed by atoms with Crippen LogP contribution in [0.2, 0.25) is 0 Å². The minimum Gasteiger partial charge on any atom is -0.483 e. The zero-order valence-corrected chi connectivity index (χ0v) is 13.6. The number of carboxylic acid groups (broad SMARTS) is 1. The summed E-state index contributed by atoms with van der Waals surface area (Å²) < 4.78 is 21.0. The highest BCUT2D eigenvalue weighted by Crippen LogP contribution is 2.32. The zero-order chi connectivity index (χ0) is 15.9. The molecule has 118 valence electrons. The molecule has 1 amide bonds. The van der Waals surface area contributed by atoms with Gasteiger partial charge in [0.1, 0.15) is 6.10 Å². The van der Waals surface area contributed by atoms with Gasteiger partial charge in [0.2, 0.25) is 0 Å². The minimum atomic E-state index is -1.08. The van der Waals surface area contributed by atoms with Crippen molar-refractivity contribution in [2.45, 2.75) is 18.6 Å². The molecular formula is C13H12BrFN2O4S. The smallest absolute Gasteiger partial charge is 0.407 e. The van der Waals surface area contributed by atoms with E-state index in [1.54, 1.807) is 0 Å². The summed E-state index contributed by atoms with van der Waals surface area (Å²) in [5.41, 5.74) is 0.512. The number of fused-ring (bicyclic) bond motifs is 1. The lowest BCUT2D eigenvalue weighted by atomic mass is 10.1. The minimum absolute atomic E-state index is 0.000359. The van der Waals surface area contributed by atoms with Crippen molar-refractivity contribution in [1.82, 2.24) is 9.88 Å². The van der Waals surface area contributed by atoms with Crippen molar-refractivity contribution in [1.29, 1.82) is 0 Å². The third-order valence-electron chi connectivity index (χ3n) is 3.49.